The maximum absolute atomic E-state index is 13.3. The molecule has 0 saturated carbocycles. The van der Waals surface area contributed by atoms with Gasteiger partial charge in [0.05, 0.1) is 46.8 Å². The molecule has 0 heterocycles. The third kappa shape index (κ3) is 12.9. The summed E-state index contributed by atoms with van der Waals surface area (Å²) in [5.41, 5.74) is 6.40. The summed E-state index contributed by atoms with van der Waals surface area (Å²) >= 11 is 0. The van der Waals surface area contributed by atoms with Crippen LogP contribution in [0.25, 0.3) is 21.5 Å². The Hall–Kier alpha value is -4.74. The standard InChI is InChI=1S/C41H32N8O13S3.3Na/c1-61-37-20-35(48-49-40-29-12-10-24(43-41(51)22-6-8-23(42)9-7-22)17-31(29)39(21-36(40)50)65(58,59)60)38(62-2)19-34(37)47-46-33-15-14-32(28-13-11-27(18-30(28)33)64(55,56)57)45-44-25-4-3-5-26(16-25)63(52,53)54;;;/h3-21,50H,42H2,1-2H3,(H,43,51)(H,52,53,54)(H,55,56,57)(H,58,59,60);;;/q;3*+1/p-3. The van der Waals surface area contributed by atoms with Gasteiger partial charge in [0.15, 0.2) is 0 Å². The van der Waals surface area contributed by atoms with Gasteiger partial charge in [-0.2, -0.15) is 18.6 Å². The number of rotatable bonds is 13. The quantitative estimate of drug-likeness (QED) is 0.0553. The average molecular weight is 1010 g/mol. The zero-order valence-electron chi connectivity index (χ0n) is 36.3. The van der Waals surface area contributed by atoms with Gasteiger partial charge in [0.2, 0.25) is 0 Å². The van der Waals surface area contributed by atoms with E-state index in [2.05, 4.69) is 36.0 Å². The minimum absolute atomic E-state index is 0. The van der Waals surface area contributed by atoms with E-state index in [4.69, 9.17) is 15.2 Å². The van der Waals surface area contributed by atoms with Crippen molar-refractivity contribution in [1.82, 2.24) is 0 Å². The molecule has 0 aliphatic rings. The molecule has 0 atom stereocenters. The Labute approximate surface area is 454 Å². The molecule has 0 radical (unpaired) electrons. The Morgan fingerprint density at radius 3 is 1.72 bits per heavy atom. The summed E-state index contributed by atoms with van der Waals surface area (Å²) in [5.74, 6) is -1.42. The van der Waals surface area contributed by atoms with Crippen LogP contribution in [0.3, 0.4) is 0 Å². The SMILES string of the molecule is COc1cc(N=Nc2c([O-])cc(S(=O)(=O)O)c3cc(NC(=O)c4ccc(N)cc4)ccc23)c(OC)cc1N=Nc1ccc(N=Nc2cccc(S(=O)(=O)[O-])c2)c2ccc(S(=O)(=O)[O-])cc12.[Na+].[Na+].[Na+]. The molecule has 7 aromatic rings. The summed E-state index contributed by atoms with van der Waals surface area (Å²) in [6, 6.07) is 24.3. The van der Waals surface area contributed by atoms with Gasteiger partial charge in [-0.1, -0.05) is 23.9 Å². The smallest absolute Gasteiger partial charge is 0.871 e. The van der Waals surface area contributed by atoms with Gasteiger partial charge in [0, 0.05) is 50.6 Å². The van der Waals surface area contributed by atoms with Gasteiger partial charge in [-0.25, -0.2) is 16.8 Å². The maximum Gasteiger partial charge on any atom is 1.00 e. The van der Waals surface area contributed by atoms with E-state index in [-0.39, 0.29) is 167 Å². The van der Waals surface area contributed by atoms with E-state index in [1.165, 1.54) is 99.1 Å². The van der Waals surface area contributed by atoms with Crippen LogP contribution in [0, 0.1) is 0 Å². The number of methoxy groups -OCH3 is 2. The van der Waals surface area contributed by atoms with Crippen LogP contribution < -0.4 is 114 Å². The molecular weight excluding hydrogens is 978 g/mol. The summed E-state index contributed by atoms with van der Waals surface area (Å²) < 4.78 is 116. The molecule has 1 amide bonds. The van der Waals surface area contributed by atoms with E-state index in [0.717, 1.165) is 24.3 Å². The van der Waals surface area contributed by atoms with Gasteiger partial charge >= 0.3 is 88.7 Å². The topological polar surface area (TPSA) is 340 Å². The van der Waals surface area contributed by atoms with Crippen LogP contribution in [-0.2, 0) is 30.4 Å². The number of azo groups is 3. The van der Waals surface area contributed by atoms with Crippen molar-refractivity contribution in [3.8, 4) is 17.2 Å². The number of nitrogens with one attached hydrogen (secondary N) is 1. The number of carbonyl (C=O) groups is 1. The van der Waals surface area contributed by atoms with E-state index in [1.807, 2.05) is 0 Å². The minimum atomic E-state index is -4.96. The Morgan fingerprint density at radius 2 is 1.13 bits per heavy atom. The van der Waals surface area contributed by atoms with Gasteiger partial charge in [-0.15, -0.1) is 20.5 Å². The van der Waals surface area contributed by atoms with Crippen LogP contribution in [0.4, 0.5) is 45.5 Å². The molecule has 21 nitrogen and oxygen atoms in total. The summed E-state index contributed by atoms with van der Waals surface area (Å²) in [4.78, 5) is 11.0. The van der Waals surface area contributed by atoms with Gasteiger partial charge in [0.25, 0.3) is 16.0 Å². The molecule has 0 aromatic heterocycles. The predicted octanol–water partition coefficient (Wildman–Crippen LogP) is -0.769. The molecule has 0 saturated heterocycles. The van der Waals surface area contributed by atoms with Crippen molar-refractivity contribution in [2.45, 2.75) is 14.7 Å². The molecule has 0 aliphatic carbocycles. The van der Waals surface area contributed by atoms with Crippen LogP contribution in [0.5, 0.6) is 17.2 Å². The second kappa shape index (κ2) is 22.8. The molecule has 7 rings (SSSR count). The Balaban J connectivity index is 0.00000336. The number of anilines is 2. The average Bonchev–Trinajstić information content (AvgIpc) is 3.26. The van der Waals surface area contributed by atoms with E-state index >= 15 is 0 Å². The van der Waals surface area contributed by atoms with E-state index in [0.29, 0.717) is 11.8 Å². The Morgan fingerprint density at radius 1 is 0.588 bits per heavy atom. The first-order chi connectivity index (χ1) is 30.7. The number of amides is 1. The third-order valence-corrected chi connectivity index (χ3v) is 11.9. The van der Waals surface area contributed by atoms with Gasteiger partial charge in [-0.3, -0.25) is 9.35 Å². The van der Waals surface area contributed by atoms with Crippen molar-refractivity contribution in [3.63, 3.8) is 0 Å². The summed E-state index contributed by atoms with van der Waals surface area (Å²) in [5, 5.41) is 41.0. The van der Waals surface area contributed by atoms with Crippen molar-refractivity contribution in [3.05, 3.63) is 121 Å². The molecule has 0 aliphatic heterocycles. The molecule has 68 heavy (non-hydrogen) atoms. The van der Waals surface area contributed by atoms with Crippen LogP contribution in [0.1, 0.15) is 10.4 Å². The molecule has 0 unspecified atom stereocenters. The van der Waals surface area contributed by atoms with Gasteiger partial charge in [0.1, 0.15) is 48.0 Å². The zero-order chi connectivity index (χ0) is 46.8. The number of carbonyl (C=O) groups excluding carboxylic acids is 1. The first-order valence-corrected chi connectivity index (χ1v) is 22.5. The number of ether oxygens (including phenoxy) is 2. The molecule has 0 fully saturated rings. The van der Waals surface area contributed by atoms with Crippen LogP contribution in [0.15, 0.2) is 161 Å². The number of nitrogen functional groups attached to an aromatic ring is 1. The monoisotopic (exact) mass is 1010 g/mol. The molecule has 27 heteroatoms. The number of hydrogen-bond donors (Lipinski definition) is 3. The van der Waals surface area contributed by atoms with Gasteiger partial charge in [-0.05, 0) is 84.9 Å². The fourth-order valence-corrected chi connectivity index (χ4v) is 7.97. The first kappa shape index (κ1) is 55.9. The van der Waals surface area contributed by atoms with Crippen LogP contribution in [0.2, 0.25) is 0 Å². The molecule has 0 bridgehead atoms. The van der Waals surface area contributed by atoms with Crippen molar-refractivity contribution >= 4 is 103 Å². The zero-order valence-corrected chi connectivity index (χ0v) is 44.8. The number of hydrogen-bond acceptors (Lipinski definition) is 19. The molecule has 7 aromatic carbocycles. The molecular formula is C41H29N8Na3O13S3. The van der Waals surface area contributed by atoms with Crippen molar-refractivity contribution in [1.29, 1.82) is 0 Å². The van der Waals surface area contributed by atoms with E-state index in [9.17, 15) is 48.8 Å². The second-order valence-electron chi connectivity index (χ2n) is 13.5. The van der Waals surface area contributed by atoms with Crippen LogP contribution in [-0.4, -0.2) is 59.0 Å². The van der Waals surface area contributed by atoms with E-state index < -0.39 is 56.7 Å². The summed E-state index contributed by atoms with van der Waals surface area (Å²) in [6.45, 7) is 0. The normalized spacial score (nSPS) is 11.9. The first-order valence-electron chi connectivity index (χ1n) is 18.3. The van der Waals surface area contributed by atoms with Crippen molar-refractivity contribution < 1.29 is 147 Å². The van der Waals surface area contributed by atoms with Crippen LogP contribution >= 0.6 is 0 Å². The number of nitrogens with zero attached hydrogens (tertiary/aromatic N) is 6. The maximum atomic E-state index is 13.3. The molecule has 332 valence electrons. The van der Waals surface area contributed by atoms with E-state index in [1.54, 1.807) is 0 Å². The Bertz CT molecular complexity index is 3530. The molecule has 4 N–H and O–H groups in total. The van der Waals surface area contributed by atoms with Crippen molar-refractivity contribution in [2.24, 2.45) is 30.7 Å². The number of benzene rings is 7. The third-order valence-electron chi connectivity index (χ3n) is 9.36. The Kier molecular flexibility index (Phi) is 18.7. The van der Waals surface area contributed by atoms with Crippen molar-refractivity contribution in [2.75, 3.05) is 25.3 Å². The summed E-state index contributed by atoms with van der Waals surface area (Å²) in [7, 11) is -12.1. The fraction of sp³-hybridized carbons (Fsp3) is 0.0488. The summed E-state index contributed by atoms with van der Waals surface area (Å²) in [6.07, 6.45) is 0. The largest absolute Gasteiger partial charge is 1.00 e. The number of nitrogens with two attached hydrogens (primary N) is 1. The van der Waals surface area contributed by atoms with Gasteiger partial charge < -0.3 is 34.7 Å². The minimum Gasteiger partial charge on any atom is -0.871 e. The molecule has 0 spiro atoms. The fourth-order valence-electron chi connectivity index (χ4n) is 6.26. The second-order valence-corrected chi connectivity index (χ2v) is 17.7. The number of fused-ring (bicyclic) bond motifs is 2. The predicted molar refractivity (Wildman–Crippen MR) is 230 cm³/mol.